The molecule has 0 aliphatic heterocycles. The molecule has 8 aromatic carbocycles. The number of anilines is 3. The highest BCUT2D eigenvalue weighted by Gasteiger charge is 2.21. The van der Waals surface area contributed by atoms with E-state index >= 15 is 0 Å². The average Bonchev–Trinajstić information content (AvgIpc) is 3.74. The van der Waals surface area contributed by atoms with Crippen molar-refractivity contribution in [2.75, 3.05) is 4.90 Å². The molecule has 0 amide bonds. The van der Waals surface area contributed by atoms with Crippen molar-refractivity contribution in [2.45, 2.75) is 0 Å². The second-order valence-corrected chi connectivity index (χ2v) is 12.5. The van der Waals surface area contributed by atoms with Gasteiger partial charge in [0, 0.05) is 43.9 Å². The van der Waals surface area contributed by atoms with Crippen molar-refractivity contribution in [1.82, 2.24) is 0 Å². The molecule has 0 saturated heterocycles. The van der Waals surface area contributed by atoms with Gasteiger partial charge >= 0.3 is 0 Å². The molecule has 0 radical (unpaired) electrons. The lowest BCUT2D eigenvalue weighted by Gasteiger charge is -2.28. The van der Waals surface area contributed by atoms with E-state index in [1.165, 1.54) is 5.39 Å². The Labute approximate surface area is 282 Å². The first-order chi connectivity index (χ1) is 24.3. The van der Waals surface area contributed by atoms with Crippen molar-refractivity contribution < 1.29 is 8.83 Å². The van der Waals surface area contributed by atoms with Gasteiger partial charge in [-0.25, -0.2) is 0 Å². The third-order valence-electron chi connectivity index (χ3n) is 9.67. The van der Waals surface area contributed by atoms with Gasteiger partial charge in [0.1, 0.15) is 22.3 Å². The fourth-order valence-corrected chi connectivity index (χ4v) is 7.39. The smallest absolute Gasteiger partial charge is 0.143 e. The molecule has 0 saturated carbocycles. The van der Waals surface area contributed by atoms with Crippen LogP contribution in [0, 0.1) is 0 Å². The molecular formula is C46H29NO2. The van der Waals surface area contributed by atoms with Crippen molar-refractivity contribution in [3.63, 3.8) is 0 Å². The maximum atomic E-state index is 6.58. The predicted octanol–water partition coefficient (Wildman–Crippen LogP) is 13.4. The van der Waals surface area contributed by atoms with Gasteiger partial charge in [0.25, 0.3) is 0 Å². The van der Waals surface area contributed by atoms with Crippen LogP contribution < -0.4 is 4.90 Å². The molecule has 2 aromatic heterocycles. The highest BCUT2D eigenvalue weighted by atomic mass is 16.3. The first kappa shape index (κ1) is 27.5. The molecule has 0 aliphatic carbocycles. The minimum Gasteiger partial charge on any atom is -0.456 e. The Kier molecular flexibility index (Phi) is 6.18. The van der Waals surface area contributed by atoms with Crippen molar-refractivity contribution in [3.8, 4) is 22.3 Å². The summed E-state index contributed by atoms with van der Waals surface area (Å²) in [5.41, 5.74) is 11.4. The molecular weight excluding hydrogens is 599 g/mol. The van der Waals surface area contributed by atoms with E-state index in [0.29, 0.717) is 0 Å². The number of benzene rings is 8. The molecule has 2 heterocycles. The zero-order valence-electron chi connectivity index (χ0n) is 26.5. The average molecular weight is 628 g/mol. The minimum absolute atomic E-state index is 0.885. The summed E-state index contributed by atoms with van der Waals surface area (Å²) in [6, 6.07) is 62.0. The zero-order valence-corrected chi connectivity index (χ0v) is 26.5. The number of nitrogens with zero attached hydrogens (tertiary/aromatic N) is 1. The van der Waals surface area contributed by atoms with Crippen LogP contribution in [0.15, 0.2) is 185 Å². The summed E-state index contributed by atoms with van der Waals surface area (Å²) in [5.74, 6) is 0. The van der Waals surface area contributed by atoms with E-state index in [1.54, 1.807) is 0 Å². The van der Waals surface area contributed by atoms with E-state index < -0.39 is 0 Å². The lowest BCUT2D eigenvalue weighted by Crippen LogP contribution is -2.11. The van der Waals surface area contributed by atoms with E-state index in [1.807, 2.05) is 12.1 Å². The van der Waals surface area contributed by atoms with E-state index in [0.717, 1.165) is 88.6 Å². The first-order valence-electron chi connectivity index (χ1n) is 16.6. The Hall–Kier alpha value is -6.58. The Morgan fingerprint density at radius 2 is 1.02 bits per heavy atom. The lowest BCUT2D eigenvalue weighted by molar-refractivity contribution is 0.669. The van der Waals surface area contributed by atoms with Gasteiger partial charge in [-0.05, 0) is 82.7 Å². The van der Waals surface area contributed by atoms with Crippen LogP contribution in [0.4, 0.5) is 17.1 Å². The van der Waals surface area contributed by atoms with E-state index in [2.05, 4.69) is 169 Å². The van der Waals surface area contributed by atoms with Gasteiger partial charge in [0.15, 0.2) is 0 Å². The highest BCUT2D eigenvalue weighted by molar-refractivity contribution is 6.19. The third kappa shape index (κ3) is 4.44. The van der Waals surface area contributed by atoms with Crippen molar-refractivity contribution >= 4 is 71.7 Å². The van der Waals surface area contributed by atoms with E-state index in [-0.39, 0.29) is 0 Å². The Morgan fingerprint density at radius 1 is 0.367 bits per heavy atom. The molecule has 0 fully saturated rings. The number of rotatable bonds is 5. The van der Waals surface area contributed by atoms with Crippen LogP contribution in [0.5, 0.6) is 0 Å². The van der Waals surface area contributed by atoms with Crippen LogP contribution in [0.1, 0.15) is 0 Å². The molecule has 3 heteroatoms. The molecule has 230 valence electrons. The number of hydrogen-bond donors (Lipinski definition) is 0. The first-order valence-corrected chi connectivity index (χ1v) is 16.6. The molecule has 0 N–H and O–H groups in total. The van der Waals surface area contributed by atoms with Crippen LogP contribution in [-0.4, -0.2) is 0 Å². The predicted molar refractivity (Wildman–Crippen MR) is 204 cm³/mol. The third-order valence-corrected chi connectivity index (χ3v) is 9.67. The van der Waals surface area contributed by atoms with Gasteiger partial charge in [-0.1, -0.05) is 115 Å². The van der Waals surface area contributed by atoms with E-state index in [9.17, 15) is 0 Å². The second-order valence-electron chi connectivity index (χ2n) is 12.5. The Morgan fingerprint density at radius 3 is 1.92 bits per heavy atom. The molecule has 0 atom stereocenters. The summed E-state index contributed by atoms with van der Waals surface area (Å²) >= 11 is 0. The molecule has 10 aromatic rings. The fraction of sp³-hybridized carbons (Fsp3) is 0. The summed E-state index contributed by atoms with van der Waals surface area (Å²) in [5, 5.41) is 6.82. The van der Waals surface area contributed by atoms with Crippen LogP contribution in [0.3, 0.4) is 0 Å². The summed E-state index contributed by atoms with van der Waals surface area (Å²) in [6.45, 7) is 0. The number of para-hydroxylation sites is 3. The molecule has 49 heavy (non-hydrogen) atoms. The van der Waals surface area contributed by atoms with Gasteiger partial charge < -0.3 is 13.7 Å². The van der Waals surface area contributed by atoms with Crippen LogP contribution in [-0.2, 0) is 0 Å². The molecule has 0 spiro atoms. The second kappa shape index (κ2) is 11.0. The number of hydrogen-bond acceptors (Lipinski definition) is 3. The zero-order chi connectivity index (χ0) is 32.3. The summed E-state index contributed by atoms with van der Waals surface area (Å²) in [6.07, 6.45) is 0. The maximum Gasteiger partial charge on any atom is 0.143 e. The van der Waals surface area contributed by atoms with Crippen LogP contribution in [0.25, 0.3) is 76.9 Å². The minimum atomic E-state index is 0.885. The highest BCUT2D eigenvalue weighted by Crippen LogP contribution is 2.45. The molecule has 3 nitrogen and oxygen atoms in total. The summed E-state index contributed by atoms with van der Waals surface area (Å²) in [7, 11) is 0. The van der Waals surface area contributed by atoms with Crippen LogP contribution >= 0.6 is 0 Å². The maximum absolute atomic E-state index is 6.58. The summed E-state index contributed by atoms with van der Waals surface area (Å²) < 4.78 is 12.8. The van der Waals surface area contributed by atoms with E-state index in [4.69, 9.17) is 8.83 Å². The summed E-state index contributed by atoms with van der Waals surface area (Å²) in [4.78, 5) is 2.35. The van der Waals surface area contributed by atoms with Gasteiger partial charge in [0.2, 0.25) is 0 Å². The van der Waals surface area contributed by atoms with Gasteiger partial charge in [-0.15, -0.1) is 0 Å². The molecule has 0 aliphatic rings. The van der Waals surface area contributed by atoms with Crippen molar-refractivity contribution in [2.24, 2.45) is 0 Å². The topological polar surface area (TPSA) is 29.5 Å². The standard InChI is InChI=1S/C46H29NO2/c1-2-12-33(13-3-1)47(34-25-21-30(22-26-34)32-24-27-38-37-16-7-9-19-42(37)48-44(38)29-32)41-18-8-6-15-36(41)39-17-10-20-43-45(39)40-28-23-31-11-4-5-14-35(31)46(40)49-43/h1-29H. The SMILES string of the molecule is c1ccc(N(c2ccc(-c3ccc4c(c3)oc3ccccc34)cc2)c2ccccc2-c2cccc3oc4c5ccccc5ccc4c23)cc1. The molecule has 0 unspecified atom stereocenters. The quantitative estimate of drug-likeness (QED) is 0.190. The lowest BCUT2D eigenvalue weighted by atomic mass is 9.96. The van der Waals surface area contributed by atoms with Crippen molar-refractivity contribution in [3.05, 3.63) is 176 Å². The Balaban J connectivity index is 1.12. The fourth-order valence-electron chi connectivity index (χ4n) is 7.39. The van der Waals surface area contributed by atoms with Crippen molar-refractivity contribution in [1.29, 1.82) is 0 Å². The van der Waals surface area contributed by atoms with Gasteiger partial charge in [-0.3, -0.25) is 0 Å². The monoisotopic (exact) mass is 627 g/mol. The molecule has 0 bridgehead atoms. The molecule has 10 rings (SSSR count). The van der Waals surface area contributed by atoms with Crippen LogP contribution in [0.2, 0.25) is 0 Å². The van der Waals surface area contributed by atoms with Gasteiger partial charge in [0.05, 0.1) is 5.69 Å². The van der Waals surface area contributed by atoms with Gasteiger partial charge in [-0.2, -0.15) is 0 Å². The largest absolute Gasteiger partial charge is 0.456 e. The number of furan rings is 2. The normalized spacial score (nSPS) is 11.7. The Bertz CT molecular complexity index is 2830. The number of fused-ring (bicyclic) bond motifs is 8.